The van der Waals surface area contributed by atoms with Crippen LogP contribution in [-0.4, -0.2) is 53.7 Å². The molecule has 0 spiro atoms. The van der Waals surface area contributed by atoms with Crippen LogP contribution in [0.2, 0.25) is 0 Å². The van der Waals surface area contributed by atoms with Crippen molar-refractivity contribution in [3.63, 3.8) is 0 Å². The van der Waals surface area contributed by atoms with Crippen LogP contribution in [0.1, 0.15) is 63.0 Å². The van der Waals surface area contributed by atoms with Gasteiger partial charge in [-0.15, -0.1) is 0 Å². The molecular weight excluding hydrogens is 432 g/mol. The maximum atomic E-state index is 13.0. The number of rotatable bonds is 11. The van der Waals surface area contributed by atoms with Crippen LogP contribution in [0.4, 0.5) is 4.79 Å². The summed E-state index contributed by atoms with van der Waals surface area (Å²) in [5.41, 5.74) is 4.45. The van der Waals surface area contributed by atoms with Gasteiger partial charge in [0.25, 0.3) is 0 Å². The third-order valence-corrected chi connectivity index (χ3v) is 6.56. The summed E-state index contributed by atoms with van der Waals surface area (Å²) in [7, 11) is 1.69. The molecule has 0 aromatic heterocycles. The Bertz CT molecular complexity index is 976. The molecule has 1 aliphatic carbocycles. The lowest BCUT2D eigenvalue weighted by Crippen LogP contribution is -2.50. The molecule has 7 heteroatoms. The Hall–Kier alpha value is -3.35. The van der Waals surface area contributed by atoms with Crippen LogP contribution in [0.25, 0.3) is 11.1 Å². The second-order valence-electron chi connectivity index (χ2n) is 8.90. The van der Waals surface area contributed by atoms with E-state index in [1.165, 1.54) is 0 Å². The lowest BCUT2D eigenvalue weighted by molar-refractivity contribution is -0.138. The number of hydrogen-bond donors (Lipinski definition) is 2. The van der Waals surface area contributed by atoms with Crippen molar-refractivity contribution >= 4 is 18.0 Å². The number of carboxylic acid groups (broad SMARTS) is 1. The van der Waals surface area contributed by atoms with E-state index >= 15 is 0 Å². The molecule has 2 atom stereocenters. The fourth-order valence-electron chi connectivity index (χ4n) is 4.46. The molecule has 7 nitrogen and oxygen atoms in total. The van der Waals surface area contributed by atoms with Gasteiger partial charge < -0.3 is 20.1 Å². The highest BCUT2D eigenvalue weighted by Crippen LogP contribution is 2.44. The van der Waals surface area contributed by atoms with E-state index in [1.807, 2.05) is 43.3 Å². The number of unbranched alkanes of at least 4 members (excludes halogenated alkanes) is 1. The first kappa shape index (κ1) is 25.3. The number of hydrogen-bond acceptors (Lipinski definition) is 4. The first-order chi connectivity index (χ1) is 16.3. The summed E-state index contributed by atoms with van der Waals surface area (Å²) >= 11 is 0. The van der Waals surface area contributed by atoms with Gasteiger partial charge in [0.05, 0.1) is 0 Å². The molecular formula is C27H34N2O5. The van der Waals surface area contributed by atoms with Crippen LogP contribution < -0.4 is 5.32 Å². The number of likely N-dealkylation sites (N-methyl/N-ethyl adjacent to an activating group) is 1. The number of nitrogens with zero attached hydrogens (tertiary/aromatic N) is 1. The predicted molar refractivity (Wildman–Crippen MR) is 131 cm³/mol. The standard InChI is InChI=1S/C27H34N2O5/c1-4-5-10-18(2)29(3)26(32)24(15-16-25(30)31)28-27(33)34-17-23-21-13-8-6-11-19(21)20-12-7-9-14-22(20)23/h6-9,11-14,18,23-24H,4-5,10,15-17H2,1-3H3,(H,28,33)(H,30,31). The van der Waals surface area contributed by atoms with Gasteiger partial charge >= 0.3 is 12.1 Å². The lowest BCUT2D eigenvalue weighted by atomic mass is 9.98. The zero-order valence-electron chi connectivity index (χ0n) is 20.1. The summed E-state index contributed by atoms with van der Waals surface area (Å²) in [6.45, 7) is 4.17. The average Bonchev–Trinajstić information content (AvgIpc) is 3.16. The van der Waals surface area contributed by atoms with Gasteiger partial charge in [0.15, 0.2) is 0 Å². The van der Waals surface area contributed by atoms with Gasteiger partial charge in [-0.3, -0.25) is 9.59 Å². The topological polar surface area (TPSA) is 95.9 Å². The number of carbonyl (C=O) groups excluding carboxylic acids is 2. The summed E-state index contributed by atoms with van der Waals surface area (Å²) in [5.74, 6) is -1.42. The van der Waals surface area contributed by atoms with E-state index in [2.05, 4.69) is 24.4 Å². The highest BCUT2D eigenvalue weighted by molar-refractivity contribution is 5.86. The largest absolute Gasteiger partial charge is 0.481 e. The molecule has 3 rings (SSSR count). The lowest BCUT2D eigenvalue weighted by Gasteiger charge is -2.29. The first-order valence-corrected chi connectivity index (χ1v) is 11.9. The van der Waals surface area contributed by atoms with Crippen molar-refractivity contribution in [1.29, 1.82) is 0 Å². The van der Waals surface area contributed by atoms with Gasteiger partial charge in [-0.2, -0.15) is 0 Å². The Morgan fingerprint density at radius 2 is 1.62 bits per heavy atom. The van der Waals surface area contributed by atoms with E-state index in [4.69, 9.17) is 9.84 Å². The van der Waals surface area contributed by atoms with Crippen LogP contribution in [0.15, 0.2) is 48.5 Å². The number of carbonyl (C=O) groups is 3. The second kappa shape index (κ2) is 11.7. The van der Waals surface area contributed by atoms with Gasteiger partial charge in [0, 0.05) is 25.4 Å². The monoisotopic (exact) mass is 466 g/mol. The molecule has 0 bridgehead atoms. The van der Waals surface area contributed by atoms with Crippen LogP contribution in [0, 0.1) is 0 Å². The van der Waals surface area contributed by atoms with E-state index in [-0.39, 0.29) is 37.3 Å². The van der Waals surface area contributed by atoms with E-state index in [0.29, 0.717) is 0 Å². The minimum Gasteiger partial charge on any atom is -0.481 e. The van der Waals surface area contributed by atoms with Gasteiger partial charge in [-0.1, -0.05) is 68.3 Å². The summed E-state index contributed by atoms with van der Waals surface area (Å²) in [4.78, 5) is 38.5. The SMILES string of the molecule is CCCCC(C)N(C)C(=O)C(CCC(=O)O)NC(=O)OCC1c2ccccc2-c2ccccc21. The number of ether oxygens (including phenoxy) is 1. The molecule has 0 radical (unpaired) electrons. The molecule has 0 aliphatic heterocycles. The number of alkyl carbamates (subject to hydrolysis) is 1. The number of carboxylic acids is 1. The van der Waals surface area contributed by atoms with Gasteiger partial charge in [-0.05, 0) is 42.0 Å². The van der Waals surface area contributed by atoms with E-state index in [9.17, 15) is 14.4 Å². The van der Waals surface area contributed by atoms with E-state index < -0.39 is 18.1 Å². The molecule has 182 valence electrons. The zero-order chi connectivity index (χ0) is 24.7. The highest BCUT2D eigenvalue weighted by atomic mass is 16.5. The summed E-state index contributed by atoms with van der Waals surface area (Å²) in [6.07, 6.45) is 1.90. The molecule has 0 heterocycles. The quantitative estimate of drug-likeness (QED) is 0.496. The minimum atomic E-state index is -1.02. The normalized spacial score (nSPS) is 14.0. The minimum absolute atomic E-state index is 0.00317. The van der Waals surface area contributed by atoms with Crippen LogP contribution in [0.3, 0.4) is 0 Å². The summed E-state index contributed by atoms with van der Waals surface area (Å²) < 4.78 is 5.56. The molecule has 2 aromatic rings. The van der Waals surface area contributed by atoms with Gasteiger partial charge in [0.1, 0.15) is 12.6 Å². The summed E-state index contributed by atoms with van der Waals surface area (Å²) in [6, 6.07) is 15.1. The Balaban J connectivity index is 1.66. The maximum absolute atomic E-state index is 13.0. The fourth-order valence-corrected chi connectivity index (χ4v) is 4.46. The number of aliphatic carboxylic acids is 1. The maximum Gasteiger partial charge on any atom is 0.407 e. The van der Waals surface area contributed by atoms with Crippen LogP contribution >= 0.6 is 0 Å². The summed E-state index contributed by atoms with van der Waals surface area (Å²) in [5, 5.41) is 11.7. The number of benzene rings is 2. The molecule has 2 amide bonds. The van der Waals surface area contributed by atoms with Crippen molar-refractivity contribution in [3.8, 4) is 11.1 Å². The number of fused-ring (bicyclic) bond motifs is 3. The first-order valence-electron chi connectivity index (χ1n) is 11.9. The smallest absolute Gasteiger partial charge is 0.407 e. The van der Waals surface area contributed by atoms with Crippen LogP contribution in [0.5, 0.6) is 0 Å². The Morgan fingerprint density at radius 1 is 1.03 bits per heavy atom. The van der Waals surface area contributed by atoms with E-state index in [0.717, 1.165) is 41.5 Å². The van der Waals surface area contributed by atoms with Crippen molar-refractivity contribution in [2.24, 2.45) is 0 Å². The van der Waals surface area contributed by atoms with Crippen molar-refractivity contribution in [3.05, 3.63) is 59.7 Å². The second-order valence-corrected chi connectivity index (χ2v) is 8.90. The molecule has 2 unspecified atom stereocenters. The van der Waals surface area contributed by atoms with Crippen molar-refractivity contribution in [2.75, 3.05) is 13.7 Å². The highest BCUT2D eigenvalue weighted by Gasteiger charge is 2.31. The molecule has 0 fully saturated rings. The third kappa shape index (κ3) is 5.95. The Labute approximate surface area is 201 Å². The number of nitrogens with one attached hydrogen (secondary N) is 1. The Morgan fingerprint density at radius 3 is 2.18 bits per heavy atom. The van der Waals surface area contributed by atoms with Crippen molar-refractivity contribution in [1.82, 2.24) is 10.2 Å². The van der Waals surface area contributed by atoms with Gasteiger partial charge in [0.2, 0.25) is 5.91 Å². The molecule has 2 N–H and O–H groups in total. The van der Waals surface area contributed by atoms with Gasteiger partial charge in [-0.25, -0.2) is 4.79 Å². The average molecular weight is 467 g/mol. The molecule has 34 heavy (non-hydrogen) atoms. The number of amides is 2. The molecule has 2 aromatic carbocycles. The zero-order valence-corrected chi connectivity index (χ0v) is 20.1. The molecule has 0 saturated carbocycles. The fraction of sp³-hybridized carbons (Fsp3) is 0.444. The van der Waals surface area contributed by atoms with Crippen molar-refractivity contribution in [2.45, 2.75) is 64.0 Å². The Kier molecular flexibility index (Phi) is 8.68. The van der Waals surface area contributed by atoms with Crippen molar-refractivity contribution < 1.29 is 24.2 Å². The predicted octanol–water partition coefficient (Wildman–Crippen LogP) is 4.80. The van der Waals surface area contributed by atoms with E-state index in [1.54, 1.807) is 11.9 Å². The molecule has 0 saturated heterocycles. The molecule has 1 aliphatic rings. The van der Waals surface area contributed by atoms with Crippen LogP contribution in [-0.2, 0) is 14.3 Å². The third-order valence-electron chi connectivity index (χ3n) is 6.56.